The summed E-state index contributed by atoms with van der Waals surface area (Å²) in [4.78, 5) is 42.5. The summed E-state index contributed by atoms with van der Waals surface area (Å²) in [7, 11) is -1.40. The van der Waals surface area contributed by atoms with E-state index in [0.29, 0.717) is 16.4 Å². The summed E-state index contributed by atoms with van der Waals surface area (Å²) >= 11 is 0. The van der Waals surface area contributed by atoms with Crippen molar-refractivity contribution in [3.8, 4) is 0 Å². The van der Waals surface area contributed by atoms with E-state index < -0.39 is 55.6 Å². The van der Waals surface area contributed by atoms with E-state index in [4.69, 9.17) is 9.57 Å². The number of hydrogen-bond donors (Lipinski definition) is 1. The van der Waals surface area contributed by atoms with Gasteiger partial charge in [0.15, 0.2) is 0 Å². The van der Waals surface area contributed by atoms with Crippen LogP contribution in [-0.2, 0) is 22.5 Å². The van der Waals surface area contributed by atoms with Crippen molar-refractivity contribution in [1.29, 1.82) is 0 Å². The first kappa shape index (κ1) is 26.6. The fourth-order valence-electron chi connectivity index (χ4n) is 3.27. The van der Waals surface area contributed by atoms with Crippen LogP contribution in [0.4, 0.5) is 18.9 Å². The van der Waals surface area contributed by atoms with Crippen LogP contribution < -0.4 is 10.9 Å². The third-order valence-electron chi connectivity index (χ3n) is 5.15. The van der Waals surface area contributed by atoms with Gasteiger partial charge in [0.05, 0.1) is 29.6 Å². The molecule has 0 fully saturated rings. The Morgan fingerprint density at radius 1 is 1.09 bits per heavy atom. The molecule has 13 heteroatoms. The first-order chi connectivity index (χ1) is 16.3. The number of imide groups is 1. The Morgan fingerprint density at radius 3 is 2.23 bits per heavy atom. The van der Waals surface area contributed by atoms with E-state index in [-0.39, 0.29) is 17.7 Å². The zero-order valence-electron chi connectivity index (χ0n) is 19.8. The number of alkyl halides is 3. The Bertz CT molecular complexity index is 1130. The van der Waals surface area contributed by atoms with Crippen LogP contribution in [0.25, 0.3) is 0 Å². The lowest BCUT2D eigenvalue weighted by Gasteiger charge is -2.21. The summed E-state index contributed by atoms with van der Waals surface area (Å²) in [6, 6.07) is 6.13. The molecule has 0 radical (unpaired) electrons. The van der Waals surface area contributed by atoms with Gasteiger partial charge in [-0.1, -0.05) is 31.8 Å². The van der Waals surface area contributed by atoms with Gasteiger partial charge in [0.2, 0.25) is 0 Å². The minimum Gasteiger partial charge on any atom is -0.378 e. The third-order valence-corrected chi connectivity index (χ3v) is 6.85. The van der Waals surface area contributed by atoms with Crippen molar-refractivity contribution in [2.75, 3.05) is 18.5 Å². The summed E-state index contributed by atoms with van der Waals surface area (Å²) < 4.78 is 47.2. The molecule has 1 aliphatic heterocycles. The molecule has 3 rings (SSSR count). The molecule has 0 saturated carbocycles. The topological polar surface area (TPSA) is 103 Å². The molecule has 2 heterocycles. The van der Waals surface area contributed by atoms with E-state index in [0.717, 1.165) is 12.2 Å². The zero-order chi connectivity index (χ0) is 26.0. The van der Waals surface area contributed by atoms with E-state index >= 15 is 0 Å². The summed E-state index contributed by atoms with van der Waals surface area (Å²) in [5, 5.41) is 6.91. The molecule has 1 aromatic heterocycles. The minimum absolute atomic E-state index is 0.178. The number of aromatic nitrogens is 2. The van der Waals surface area contributed by atoms with Crippen molar-refractivity contribution in [3.05, 3.63) is 57.5 Å². The molecule has 1 aliphatic rings. The second-order valence-electron chi connectivity index (χ2n) is 9.38. The first-order valence-corrected chi connectivity index (χ1v) is 14.6. The van der Waals surface area contributed by atoms with Crippen LogP contribution in [-0.4, -0.2) is 54.0 Å². The number of nitrogens with one attached hydrogen (secondary N) is 1. The molecule has 0 aliphatic carbocycles. The molecule has 2 amide bonds. The lowest BCUT2D eigenvalue weighted by atomic mass is 10.1. The van der Waals surface area contributed by atoms with E-state index in [9.17, 15) is 27.6 Å². The quantitative estimate of drug-likeness (QED) is 0.295. The number of benzene rings is 1. The minimum atomic E-state index is -4.95. The summed E-state index contributed by atoms with van der Waals surface area (Å²) in [6.45, 7) is 7.45. The number of anilines is 1. The molecule has 0 unspecified atom stereocenters. The van der Waals surface area contributed by atoms with Crippen molar-refractivity contribution < 1.29 is 32.3 Å². The normalized spacial score (nSPS) is 14.9. The van der Waals surface area contributed by atoms with Crippen molar-refractivity contribution in [2.24, 2.45) is 0 Å². The molecular formula is C22H27F3N4O5Si. The van der Waals surface area contributed by atoms with Gasteiger partial charge in [-0.05, 0) is 25.1 Å². The monoisotopic (exact) mass is 512 g/mol. The highest BCUT2D eigenvalue weighted by atomic mass is 28.3. The van der Waals surface area contributed by atoms with Crippen LogP contribution in [0.2, 0.25) is 25.7 Å². The fraction of sp³-hybridized carbons (Fsp3) is 0.455. The molecule has 1 atom stereocenters. The van der Waals surface area contributed by atoms with E-state index in [1.165, 1.54) is 19.1 Å². The average molecular weight is 513 g/mol. The van der Waals surface area contributed by atoms with E-state index in [2.05, 4.69) is 30.1 Å². The van der Waals surface area contributed by atoms with Gasteiger partial charge in [-0.2, -0.15) is 18.3 Å². The lowest BCUT2D eigenvalue weighted by molar-refractivity contribution is -0.138. The van der Waals surface area contributed by atoms with Gasteiger partial charge in [0, 0.05) is 20.7 Å². The highest BCUT2D eigenvalue weighted by Gasteiger charge is 2.39. The molecule has 0 spiro atoms. The molecule has 9 nitrogen and oxygen atoms in total. The summed E-state index contributed by atoms with van der Waals surface area (Å²) in [6.07, 6.45) is -4.06. The second-order valence-corrected chi connectivity index (χ2v) is 15.0. The maximum Gasteiger partial charge on any atom is 0.423 e. The Kier molecular flexibility index (Phi) is 7.82. The van der Waals surface area contributed by atoms with Crippen molar-refractivity contribution in [2.45, 2.75) is 51.6 Å². The van der Waals surface area contributed by atoms with Gasteiger partial charge in [-0.15, -0.1) is 5.06 Å². The van der Waals surface area contributed by atoms with E-state index in [1.54, 1.807) is 12.1 Å². The highest BCUT2D eigenvalue weighted by Crippen LogP contribution is 2.32. The van der Waals surface area contributed by atoms with Gasteiger partial charge < -0.3 is 10.1 Å². The fourth-order valence-corrected chi connectivity index (χ4v) is 4.03. The van der Waals surface area contributed by atoms with Gasteiger partial charge in [0.1, 0.15) is 12.3 Å². The van der Waals surface area contributed by atoms with Crippen molar-refractivity contribution in [3.63, 3.8) is 0 Å². The number of hydrogen-bond acceptors (Lipinski definition) is 7. The predicted octanol–water partition coefficient (Wildman–Crippen LogP) is 3.60. The lowest BCUT2D eigenvalue weighted by Crippen LogP contribution is -2.36. The number of halogens is 3. The van der Waals surface area contributed by atoms with Crippen LogP contribution in [0, 0.1) is 0 Å². The second kappa shape index (κ2) is 10.3. The number of rotatable bonds is 10. The Balaban J connectivity index is 1.68. The maximum atomic E-state index is 13.7. The van der Waals surface area contributed by atoms with Gasteiger partial charge in [0.25, 0.3) is 17.4 Å². The number of amides is 2. The van der Waals surface area contributed by atoms with Gasteiger partial charge in [-0.3, -0.25) is 19.2 Å². The Hall–Kier alpha value is -3.03. The smallest absolute Gasteiger partial charge is 0.378 e. The third kappa shape index (κ3) is 6.35. The number of nitrogens with zero attached hydrogens (tertiary/aromatic N) is 3. The number of ether oxygens (including phenoxy) is 1. The maximum absolute atomic E-state index is 13.7. The molecule has 1 N–H and O–H groups in total. The largest absolute Gasteiger partial charge is 0.423 e. The van der Waals surface area contributed by atoms with Crippen LogP contribution in [0.5, 0.6) is 0 Å². The Labute approximate surface area is 200 Å². The number of carbonyl (C=O) groups excluding carboxylic acids is 2. The molecule has 190 valence electrons. The summed E-state index contributed by atoms with van der Waals surface area (Å²) in [5.41, 5.74) is -2.95. The van der Waals surface area contributed by atoms with Crippen LogP contribution in [0.3, 0.4) is 0 Å². The van der Waals surface area contributed by atoms with Crippen LogP contribution in [0.15, 0.2) is 35.3 Å². The number of fused-ring (bicyclic) bond motifs is 1. The predicted molar refractivity (Wildman–Crippen MR) is 124 cm³/mol. The SMILES string of the molecule is C[C@@H](CON1C(=O)c2ccccc2C1=O)Nc1cnn(COCC[Si](C)(C)C)c(=O)c1C(F)(F)F. The number of carbonyl (C=O) groups is 2. The van der Waals surface area contributed by atoms with Crippen LogP contribution >= 0.6 is 0 Å². The van der Waals surface area contributed by atoms with Crippen molar-refractivity contribution in [1.82, 2.24) is 14.8 Å². The first-order valence-electron chi connectivity index (χ1n) is 10.9. The van der Waals surface area contributed by atoms with Crippen LogP contribution in [0.1, 0.15) is 33.2 Å². The molecule has 2 aromatic rings. The average Bonchev–Trinajstić information content (AvgIpc) is 2.99. The highest BCUT2D eigenvalue weighted by molar-refractivity contribution is 6.76. The molecule has 0 saturated heterocycles. The van der Waals surface area contributed by atoms with Gasteiger partial charge >= 0.3 is 6.18 Å². The molecule has 0 bridgehead atoms. The summed E-state index contributed by atoms with van der Waals surface area (Å²) in [5.74, 6) is -1.32. The van der Waals surface area contributed by atoms with Crippen molar-refractivity contribution >= 4 is 25.6 Å². The van der Waals surface area contributed by atoms with E-state index in [1.807, 2.05) is 0 Å². The molecule has 35 heavy (non-hydrogen) atoms. The zero-order valence-corrected chi connectivity index (χ0v) is 20.8. The molecular weight excluding hydrogens is 485 g/mol. The number of hydroxylamine groups is 2. The van der Waals surface area contributed by atoms with Gasteiger partial charge in [-0.25, -0.2) is 4.68 Å². The molecule has 1 aromatic carbocycles. The Morgan fingerprint density at radius 2 is 1.69 bits per heavy atom. The standard InChI is InChI=1S/C22H27F3N4O5Si/c1-14(12-34-29-19(30)15-7-5-6-8-16(15)20(29)31)27-17-11-26-28(13-33-9-10-35(2,3)4)21(32)18(17)22(23,24)25/h5-8,11,14,27H,9-10,12-13H2,1-4H3/t14-/m0/s1.